The molecule has 0 unspecified atom stereocenters. The van der Waals surface area contributed by atoms with E-state index in [2.05, 4.69) is 9.59 Å². The summed E-state index contributed by atoms with van der Waals surface area (Å²) in [4.78, 5) is 25.1. The number of amides is 1. The lowest BCUT2D eigenvalue weighted by Gasteiger charge is -2.31. The number of likely N-dealkylation sites (tertiary alicyclic amines) is 1. The summed E-state index contributed by atoms with van der Waals surface area (Å²) in [6.45, 7) is 2.81. The van der Waals surface area contributed by atoms with Gasteiger partial charge >= 0.3 is 5.97 Å². The molecule has 1 aromatic rings. The smallest absolute Gasteiger partial charge is 0.329 e. The molecule has 1 aliphatic heterocycles. The van der Waals surface area contributed by atoms with Crippen LogP contribution in [0, 0.1) is 0 Å². The van der Waals surface area contributed by atoms with Gasteiger partial charge in [-0.25, -0.2) is 4.79 Å². The molecule has 110 valence electrons. The Morgan fingerprint density at radius 1 is 1.45 bits per heavy atom. The number of carbonyl (C=O) groups is 2. The van der Waals surface area contributed by atoms with E-state index in [1.54, 1.807) is 4.90 Å². The fourth-order valence-corrected chi connectivity index (χ4v) is 2.88. The maximum Gasteiger partial charge on any atom is 0.329 e. The first-order chi connectivity index (χ1) is 9.61. The van der Waals surface area contributed by atoms with Crippen LogP contribution in [0.5, 0.6) is 0 Å². The number of ether oxygens (including phenoxy) is 1. The van der Waals surface area contributed by atoms with Crippen molar-refractivity contribution >= 4 is 23.4 Å². The Labute approximate surface area is 120 Å². The van der Waals surface area contributed by atoms with E-state index in [4.69, 9.17) is 9.84 Å². The zero-order chi connectivity index (χ0) is 14.5. The molecule has 0 spiro atoms. The average Bonchev–Trinajstić information content (AvgIpc) is 2.93. The topological polar surface area (TPSA) is 92.6 Å². The number of carbonyl (C=O) groups excluding carboxylic acids is 1. The van der Waals surface area contributed by atoms with Gasteiger partial charge in [0.15, 0.2) is 0 Å². The predicted octanol–water partition coefficient (Wildman–Crippen LogP) is 0.806. The SMILES string of the molecule is CCc1nnsc1C(=O)N1CCC(OCC(=O)O)CC1. The minimum absolute atomic E-state index is 0.0338. The number of carboxylic acids is 1. The fourth-order valence-electron chi connectivity index (χ4n) is 2.16. The van der Waals surface area contributed by atoms with Gasteiger partial charge in [-0.15, -0.1) is 5.10 Å². The number of carboxylic acid groups (broad SMARTS) is 1. The van der Waals surface area contributed by atoms with Crippen LogP contribution in [-0.4, -0.2) is 57.3 Å². The van der Waals surface area contributed by atoms with E-state index in [0.29, 0.717) is 37.2 Å². The first kappa shape index (κ1) is 14.9. The van der Waals surface area contributed by atoms with Crippen LogP contribution in [0.25, 0.3) is 0 Å². The van der Waals surface area contributed by atoms with Crippen molar-refractivity contribution in [1.29, 1.82) is 0 Å². The Hall–Kier alpha value is -1.54. The summed E-state index contributed by atoms with van der Waals surface area (Å²) in [5.41, 5.74) is 0.740. The molecule has 0 atom stereocenters. The molecule has 2 heterocycles. The molecule has 0 aromatic carbocycles. The zero-order valence-electron chi connectivity index (χ0n) is 11.2. The lowest BCUT2D eigenvalue weighted by molar-refractivity contribution is -0.145. The van der Waals surface area contributed by atoms with Crippen molar-refractivity contribution in [2.45, 2.75) is 32.3 Å². The highest BCUT2D eigenvalue weighted by atomic mass is 32.1. The summed E-state index contributed by atoms with van der Waals surface area (Å²) in [5, 5.41) is 12.5. The van der Waals surface area contributed by atoms with Crippen LogP contribution in [0.15, 0.2) is 0 Å². The summed E-state index contributed by atoms with van der Waals surface area (Å²) in [6.07, 6.45) is 1.93. The first-order valence-electron chi connectivity index (χ1n) is 6.55. The van der Waals surface area contributed by atoms with E-state index in [9.17, 15) is 9.59 Å². The Balaban J connectivity index is 1.87. The lowest BCUT2D eigenvalue weighted by atomic mass is 10.1. The largest absolute Gasteiger partial charge is 0.480 e. The van der Waals surface area contributed by atoms with Crippen molar-refractivity contribution in [2.24, 2.45) is 0 Å². The number of hydrogen-bond donors (Lipinski definition) is 1. The predicted molar refractivity (Wildman–Crippen MR) is 71.8 cm³/mol. The number of piperidine rings is 1. The zero-order valence-corrected chi connectivity index (χ0v) is 12.1. The van der Waals surface area contributed by atoms with Crippen molar-refractivity contribution in [3.63, 3.8) is 0 Å². The summed E-state index contributed by atoms with van der Waals surface area (Å²) in [6, 6.07) is 0. The molecule has 0 radical (unpaired) electrons. The second-order valence-corrected chi connectivity index (χ2v) is 5.35. The minimum atomic E-state index is -0.966. The quantitative estimate of drug-likeness (QED) is 0.864. The molecule has 7 nitrogen and oxygen atoms in total. The fraction of sp³-hybridized carbons (Fsp3) is 0.667. The van der Waals surface area contributed by atoms with Crippen molar-refractivity contribution in [2.75, 3.05) is 19.7 Å². The third-order valence-electron chi connectivity index (χ3n) is 3.26. The van der Waals surface area contributed by atoms with Crippen LogP contribution in [-0.2, 0) is 16.0 Å². The molecule has 1 aliphatic rings. The summed E-state index contributed by atoms with van der Waals surface area (Å²) in [7, 11) is 0. The van der Waals surface area contributed by atoms with Gasteiger partial charge in [0.05, 0.1) is 11.8 Å². The van der Waals surface area contributed by atoms with Gasteiger partial charge in [-0.3, -0.25) is 4.79 Å². The van der Waals surface area contributed by atoms with E-state index >= 15 is 0 Å². The molecule has 1 N–H and O–H groups in total. The Kier molecular flexibility index (Phi) is 5.02. The average molecular weight is 299 g/mol. The lowest BCUT2D eigenvalue weighted by Crippen LogP contribution is -2.41. The van der Waals surface area contributed by atoms with Crippen molar-refractivity contribution in [3.8, 4) is 0 Å². The number of nitrogens with zero attached hydrogens (tertiary/aromatic N) is 3. The maximum atomic E-state index is 12.3. The van der Waals surface area contributed by atoms with Crippen LogP contribution in [0.3, 0.4) is 0 Å². The molecule has 0 bridgehead atoms. The Bertz CT molecular complexity index is 483. The minimum Gasteiger partial charge on any atom is -0.480 e. The second-order valence-electron chi connectivity index (χ2n) is 4.60. The van der Waals surface area contributed by atoms with Gasteiger partial charge < -0.3 is 14.7 Å². The summed E-state index contributed by atoms with van der Waals surface area (Å²) < 4.78 is 9.08. The van der Waals surface area contributed by atoms with Crippen LogP contribution in [0.1, 0.15) is 35.1 Å². The van der Waals surface area contributed by atoms with Crippen LogP contribution >= 0.6 is 11.5 Å². The number of aliphatic carboxylic acids is 1. The van der Waals surface area contributed by atoms with E-state index in [1.807, 2.05) is 6.92 Å². The molecule has 20 heavy (non-hydrogen) atoms. The molecule has 1 aromatic heterocycles. The summed E-state index contributed by atoms with van der Waals surface area (Å²) >= 11 is 1.13. The summed E-state index contributed by atoms with van der Waals surface area (Å²) in [5.74, 6) is -1.000. The normalized spacial score (nSPS) is 16.4. The Morgan fingerprint density at radius 3 is 2.75 bits per heavy atom. The number of hydrogen-bond acceptors (Lipinski definition) is 6. The van der Waals surface area contributed by atoms with Crippen LogP contribution in [0.2, 0.25) is 0 Å². The van der Waals surface area contributed by atoms with Crippen molar-refractivity contribution in [3.05, 3.63) is 10.6 Å². The molecule has 0 aliphatic carbocycles. The van der Waals surface area contributed by atoms with Gasteiger partial charge in [-0.1, -0.05) is 11.4 Å². The van der Waals surface area contributed by atoms with E-state index in [0.717, 1.165) is 17.2 Å². The number of aromatic nitrogens is 2. The molecule has 1 amide bonds. The first-order valence-corrected chi connectivity index (χ1v) is 7.33. The van der Waals surface area contributed by atoms with Crippen LogP contribution < -0.4 is 0 Å². The van der Waals surface area contributed by atoms with Gasteiger partial charge in [-0.05, 0) is 30.8 Å². The molecule has 0 saturated carbocycles. The highest BCUT2D eigenvalue weighted by molar-refractivity contribution is 7.08. The monoisotopic (exact) mass is 299 g/mol. The molecular formula is C12H17N3O4S. The van der Waals surface area contributed by atoms with E-state index in [1.165, 1.54) is 0 Å². The van der Waals surface area contributed by atoms with Crippen molar-refractivity contribution < 1.29 is 19.4 Å². The van der Waals surface area contributed by atoms with E-state index in [-0.39, 0.29) is 18.6 Å². The number of aryl methyl sites for hydroxylation is 1. The van der Waals surface area contributed by atoms with Gasteiger partial charge in [0.1, 0.15) is 11.5 Å². The maximum absolute atomic E-state index is 12.3. The van der Waals surface area contributed by atoms with Crippen LogP contribution in [0.4, 0.5) is 0 Å². The third-order valence-corrected chi connectivity index (χ3v) is 4.01. The Morgan fingerprint density at radius 2 is 2.15 bits per heavy atom. The highest BCUT2D eigenvalue weighted by Crippen LogP contribution is 2.19. The molecule has 2 rings (SSSR count). The molecule has 1 saturated heterocycles. The van der Waals surface area contributed by atoms with Gasteiger partial charge in [0.2, 0.25) is 0 Å². The standard InChI is InChI=1S/C12H17N3O4S/c1-2-9-11(20-14-13-9)12(18)15-5-3-8(4-6-15)19-7-10(16)17/h8H,2-7H2,1H3,(H,16,17). The number of rotatable bonds is 5. The molecular weight excluding hydrogens is 282 g/mol. The second kappa shape index (κ2) is 6.76. The molecule has 1 fully saturated rings. The van der Waals surface area contributed by atoms with Gasteiger partial charge in [0, 0.05) is 13.1 Å². The van der Waals surface area contributed by atoms with Gasteiger partial charge in [0.25, 0.3) is 5.91 Å². The third kappa shape index (κ3) is 3.51. The van der Waals surface area contributed by atoms with E-state index < -0.39 is 5.97 Å². The highest BCUT2D eigenvalue weighted by Gasteiger charge is 2.27. The van der Waals surface area contributed by atoms with Crippen molar-refractivity contribution in [1.82, 2.24) is 14.5 Å². The van der Waals surface area contributed by atoms with Gasteiger partial charge in [-0.2, -0.15) is 0 Å². The molecule has 8 heteroatoms.